The van der Waals surface area contributed by atoms with Gasteiger partial charge in [0.25, 0.3) is 0 Å². The Hall–Kier alpha value is -1.11. The van der Waals surface area contributed by atoms with Gasteiger partial charge in [-0.1, -0.05) is 52.8 Å². The normalized spacial score (nSPS) is 11.9. The zero-order chi connectivity index (χ0) is 13.2. The third-order valence-electron chi connectivity index (χ3n) is 2.99. The summed E-state index contributed by atoms with van der Waals surface area (Å²) >= 11 is 0. The van der Waals surface area contributed by atoms with E-state index in [1.54, 1.807) is 0 Å². The summed E-state index contributed by atoms with van der Waals surface area (Å²) in [6.07, 6.45) is 0.635. The topological polar surface area (TPSA) is 17.1 Å². The summed E-state index contributed by atoms with van der Waals surface area (Å²) in [4.78, 5) is 12.0. The van der Waals surface area contributed by atoms with Crippen molar-refractivity contribution in [2.24, 2.45) is 5.92 Å². The van der Waals surface area contributed by atoms with Crippen LogP contribution < -0.4 is 0 Å². The van der Waals surface area contributed by atoms with Crippen LogP contribution in [0.1, 0.15) is 62.5 Å². The molecule has 0 saturated carbocycles. The molecule has 0 spiro atoms. The number of hydrogen-bond donors (Lipinski definition) is 0. The van der Waals surface area contributed by atoms with Gasteiger partial charge in [-0.25, -0.2) is 0 Å². The number of carbonyl (C=O) groups is 1. The van der Waals surface area contributed by atoms with Crippen molar-refractivity contribution in [2.45, 2.75) is 53.4 Å². The van der Waals surface area contributed by atoms with E-state index in [1.165, 1.54) is 5.56 Å². The predicted octanol–water partition coefficient (Wildman–Crippen LogP) is 4.52. The highest BCUT2D eigenvalue weighted by Crippen LogP contribution is 2.25. The zero-order valence-electron chi connectivity index (χ0n) is 11.9. The van der Waals surface area contributed by atoms with Crippen LogP contribution in [0.5, 0.6) is 0 Å². The van der Waals surface area contributed by atoms with Gasteiger partial charge in [-0.15, -0.1) is 0 Å². The fourth-order valence-corrected chi connectivity index (χ4v) is 1.92. The fourth-order valence-electron chi connectivity index (χ4n) is 1.92. The largest absolute Gasteiger partial charge is 0.294 e. The molecule has 94 valence electrons. The number of rotatable bonds is 3. The first kappa shape index (κ1) is 14.0. The highest BCUT2D eigenvalue weighted by molar-refractivity contribution is 5.97. The van der Waals surface area contributed by atoms with Gasteiger partial charge in [0, 0.05) is 12.0 Å². The van der Waals surface area contributed by atoms with Gasteiger partial charge in [0.15, 0.2) is 5.78 Å². The van der Waals surface area contributed by atoms with Crippen molar-refractivity contribution >= 4 is 5.78 Å². The lowest BCUT2D eigenvalue weighted by Crippen LogP contribution is -2.13. The van der Waals surface area contributed by atoms with Crippen molar-refractivity contribution in [2.75, 3.05) is 0 Å². The summed E-state index contributed by atoms with van der Waals surface area (Å²) in [5.41, 5.74) is 3.41. The van der Waals surface area contributed by atoms with Crippen LogP contribution in [0.25, 0.3) is 0 Å². The molecule has 1 heteroatoms. The highest BCUT2D eigenvalue weighted by Gasteiger charge is 2.16. The van der Waals surface area contributed by atoms with Crippen molar-refractivity contribution in [3.63, 3.8) is 0 Å². The van der Waals surface area contributed by atoms with E-state index in [4.69, 9.17) is 0 Å². The summed E-state index contributed by atoms with van der Waals surface area (Å²) in [6.45, 7) is 12.8. The molecule has 1 aromatic carbocycles. The van der Waals surface area contributed by atoms with Crippen molar-refractivity contribution in [1.82, 2.24) is 0 Å². The molecule has 0 N–H and O–H groups in total. The van der Waals surface area contributed by atoms with Crippen molar-refractivity contribution in [3.8, 4) is 0 Å². The second kappa shape index (κ2) is 5.03. The molecule has 0 bridgehead atoms. The van der Waals surface area contributed by atoms with E-state index in [-0.39, 0.29) is 11.2 Å². The van der Waals surface area contributed by atoms with E-state index in [0.29, 0.717) is 12.3 Å². The molecule has 0 aliphatic heterocycles. The van der Waals surface area contributed by atoms with Crippen molar-refractivity contribution < 1.29 is 4.79 Å². The van der Waals surface area contributed by atoms with Crippen molar-refractivity contribution in [1.29, 1.82) is 0 Å². The monoisotopic (exact) mass is 232 g/mol. The molecular formula is C16H24O. The van der Waals surface area contributed by atoms with Crippen LogP contribution in [0.2, 0.25) is 0 Å². The minimum Gasteiger partial charge on any atom is -0.294 e. The van der Waals surface area contributed by atoms with Crippen molar-refractivity contribution in [3.05, 3.63) is 34.9 Å². The molecule has 0 aliphatic rings. The van der Waals surface area contributed by atoms with Gasteiger partial charge in [0.05, 0.1) is 0 Å². The van der Waals surface area contributed by atoms with Gasteiger partial charge in [0.1, 0.15) is 0 Å². The molecule has 0 amide bonds. The second-order valence-corrected chi connectivity index (χ2v) is 6.30. The molecule has 0 atom stereocenters. The summed E-state index contributed by atoms with van der Waals surface area (Å²) in [6, 6.07) is 6.22. The van der Waals surface area contributed by atoms with Crippen LogP contribution in [0, 0.1) is 12.8 Å². The Morgan fingerprint density at radius 1 is 1.24 bits per heavy atom. The summed E-state index contributed by atoms with van der Waals surface area (Å²) < 4.78 is 0. The first-order valence-electron chi connectivity index (χ1n) is 6.36. The van der Waals surface area contributed by atoms with Crippen LogP contribution in [-0.4, -0.2) is 5.78 Å². The Kier molecular flexibility index (Phi) is 4.13. The van der Waals surface area contributed by atoms with Crippen LogP contribution in [-0.2, 0) is 5.41 Å². The molecule has 0 unspecified atom stereocenters. The lowest BCUT2D eigenvalue weighted by molar-refractivity contribution is 0.0967. The third-order valence-corrected chi connectivity index (χ3v) is 2.99. The summed E-state index contributed by atoms with van der Waals surface area (Å²) in [7, 11) is 0. The number of ketones is 1. The predicted molar refractivity (Wildman–Crippen MR) is 73.7 cm³/mol. The molecule has 1 aromatic rings. The third kappa shape index (κ3) is 3.69. The molecule has 0 heterocycles. The minimum absolute atomic E-state index is 0.143. The molecule has 1 rings (SSSR count). The smallest absolute Gasteiger partial charge is 0.163 e. The molecular weight excluding hydrogens is 208 g/mol. The summed E-state index contributed by atoms with van der Waals surface area (Å²) in [5, 5.41) is 0. The Balaban J connectivity index is 3.02. The summed E-state index contributed by atoms with van der Waals surface area (Å²) in [5.74, 6) is 0.683. The standard InChI is InChI=1S/C16H24O/c1-11(2)9-15(17)14-8-7-13(10-12(14)3)16(4,5)6/h7-8,10-11H,9H2,1-6H3. The SMILES string of the molecule is Cc1cc(C(C)(C)C)ccc1C(=O)CC(C)C. The van der Waals surface area contributed by atoms with E-state index in [2.05, 4.69) is 46.8 Å². The van der Waals surface area contributed by atoms with Gasteiger partial charge >= 0.3 is 0 Å². The van der Waals surface area contributed by atoms with E-state index >= 15 is 0 Å². The number of carbonyl (C=O) groups excluding carboxylic acids is 1. The maximum absolute atomic E-state index is 12.0. The van der Waals surface area contributed by atoms with E-state index in [9.17, 15) is 4.79 Å². The van der Waals surface area contributed by atoms with Crippen LogP contribution in [0.15, 0.2) is 18.2 Å². The molecule has 0 aromatic heterocycles. The Morgan fingerprint density at radius 3 is 2.24 bits per heavy atom. The molecule has 0 fully saturated rings. The molecule has 0 saturated heterocycles. The minimum atomic E-state index is 0.143. The number of hydrogen-bond acceptors (Lipinski definition) is 1. The van der Waals surface area contributed by atoms with Gasteiger partial charge in [-0.05, 0) is 29.4 Å². The molecule has 1 nitrogen and oxygen atoms in total. The van der Waals surface area contributed by atoms with E-state index in [0.717, 1.165) is 11.1 Å². The Labute approximate surface area is 105 Å². The molecule has 0 radical (unpaired) electrons. The lowest BCUT2D eigenvalue weighted by Gasteiger charge is -2.20. The van der Waals surface area contributed by atoms with Crippen LogP contribution in [0.4, 0.5) is 0 Å². The number of aryl methyl sites for hydroxylation is 1. The first-order chi connectivity index (χ1) is 7.71. The van der Waals surface area contributed by atoms with E-state index in [1.807, 2.05) is 13.0 Å². The van der Waals surface area contributed by atoms with Gasteiger partial charge < -0.3 is 0 Å². The molecule has 17 heavy (non-hydrogen) atoms. The average Bonchev–Trinajstić information content (AvgIpc) is 2.14. The van der Waals surface area contributed by atoms with Crippen LogP contribution >= 0.6 is 0 Å². The van der Waals surface area contributed by atoms with Gasteiger partial charge in [0.2, 0.25) is 0 Å². The maximum Gasteiger partial charge on any atom is 0.163 e. The lowest BCUT2D eigenvalue weighted by atomic mass is 9.84. The quantitative estimate of drug-likeness (QED) is 0.700. The molecule has 0 aliphatic carbocycles. The fraction of sp³-hybridized carbons (Fsp3) is 0.562. The Morgan fingerprint density at radius 2 is 1.82 bits per heavy atom. The van der Waals surface area contributed by atoms with E-state index < -0.39 is 0 Å². The first-order valence-corrected chi connectivity index (χ1v) is 6.36. The van der Waals surface area contributed by atoms with Gasteiger partial charge in [-0.2, -0.15) is 0 Å². The maximum atomic E-state index is 12.0. The van der Waals surface area contributed by atoms with Gasteiger partial charge in [-0.3, -0.25) is 4.79 Å². The van der Waals surface area contributed by atoms with Crippen LogP contribution in [0.3, 0.4) is 0 Å². The Bertz CT molecular complexity index is 408. The number of Topliss-reactive ketones (excluding diaryl/α,β-unsaturated/α-hetero) is 1. The highest BCUT2D eigenvalue weighted by atomic mass is 16.1. The zero-order valence-corrected chi connectivity index (χ0v) is 11.9. The second-order valence-electron chi connectivity index (χ2n) is 6.30. The number of benzene rings is 1. The average molecular weight is 232 g/mol.